The van der Waals surface area contributed by atoms with E-state index in [1.165, 1.54) is 28.0 Å². The lowest BCUT2D eigenvalue weighted by Gasteiger charge is -2.26. The standard InChI is InChI=1S/C17H21NO7S/c1-6-26(21,22)18(4)16-14(24-11(2)19)15(20)17(3,25-16)12-7-9-13(23-5)10-8-12/h7-10H,6H2,1-5H3. The van der Waals surface area contributed by atoms with Crippen LogP contribution in [0, 0.1) is 0 Å². The smallest absolute Gasteiger partial charge is 0.308 e. The van der Waals surface area contributed by atoms with Crippen molar-refractivity contribution in [1.29, 1.82) is 0 Å². The average molecular weight is 383 g/mol. The lowest BCUT2D eigenvalue weighted by Crippen LogP contribution is -2.33. The van der Waals surface area contributed by atoms with E-state index in [0.717, 1.165) is 11.2 Å². The summed E-state index contributed by atoms with van der Waals surface area (Å²) in [4.78, 5) is 24.4. The zero-order valence-corrected chi connectivity index (χ0v) is 16.0. The van der Waals surface area contributed by atoms with Crippen molar-refractivity contribution in [3.05, 3.63) is 41.5 Å². The van der Waals surface area contributed by atoms with E-state index in [4.69, 9.17) is 14.2 Å². The monoisotopic (exact) mass is 383 g/mol. The van der Waals surface area contributed by atoms with Crippen LogP contribution in [0.4, 0.5) is 0 Å². The van der Waals surface area contributed by atoms with E-state index in [0.29, 0.717) is 11.3 Å². The highest BCUT2D eigenvalue weighted by molar-refractivity contribution is 7.89. The fraction of sp³-hybridized carbons (Fsp3) is 0.412. The van der Waals surface area contributed by atoms with Gasteiger partial charge in [-0.3, -0.25) is 9.59 Å². The van der Waals surface area contributed by atoms with Crippen molar-refractivity contribution in [1.82, 2.24) is 4.31 Å². The van der Waals surface area contributed by atoms with Gasteiger partial charge in [0.15, 0.2) is 5.60 Å². The minimum atomic E-state index is -3.73. The molecular formula is C17H21NO7S. The number of ether oxygens (including phenoxy) is 3. The zero-order valence-electron chi connectivity index (χ0n) is 15.2. The normalized spacial score (nSPS) is 20.0. The molecule has 1 unspecified atom stereocenters. The van der Waals surface area contributed by atoms with E-state index < -0.39 is 33.1 Å². The number of methoxy groups -OCH3 is 1. The number of hydrogen-bond acceptors (Lipinski definition) is 7. The van der Waals surface area contributed by atoms with Crippen LogP contribution < -0.4 is 4.74 Å². The number of nitrogens with zero attached hydrogens (tertiary/aromatic N) is 1. The largest absolute Gasteiger partial charge is 0.497 e. The molecule has 1 heterocycles. The van der Waals surface area contributed by atoms with Gasteiger partial charge in [-0.25, -0.2) is 12.7 Å². The van der Waals surface area contributed by atoms with Crippen LogP contribution in [0.1, 0.15) is 26.3 Å². The molecule has 2 rings (SSSR count). The number of ketones is 1. The van der Waals surface area contributed by atoms with Crippen molar-refractivity contribution in [3.63, 3.8) is 0 Å². The van der Waals surface area contributed by atoms with Crippen LogP contribution in [-0.4, -0.2) is 44.4 Å². The van der Waals surface area contributed by atoms with Crippen molar-refractivity contribution in [2.24, 2.45) is 0 Å². The number of carbonyl (C=O) groups excluding carboxylic acids is 2. The highest BCUT2D eigenvalue weighted by atomic mass is 32.2. The highest BCUT2D eigenvalue weighted by Gasteiger charge is 2.51. The minimum Gasteiger partial charge on any atom is -0.497 e. The molecule has 1 aliphatic rings. The summed E-state index contributed by atoms with van der Waals surface area (Å²) < 4.78 is 41.0. The van der Waals surface area contributed by atoms with Gasteiger partial charge in [0, 0.05) is 19.5 Å². The Morgan fingerprint density at radius 2 is 1.85 bits per heavy atom. The quantitative estimate of drug-likeness (QED) is 0.687. The topological polar surface area (TPSA) is 99.2 Å². The molecule has 142 valence electrons. The molecule has 1 aromatic rings. The molecule has 1 atom stereocenters. The third-order valence-electron chi connectivity index (χ3n) is 4.09. The molecule has 0 bridgehead atoms. The summed E-state index contributed by atoms with van der Waals surface area (Å²) in [6.07, 6.45) is 0. The Hall–Kier alpha value is -2.55. The predicted octanol–water partition coefficient (Wildman–Crippen LogP) is 1.52. The maximum Gasteiger partial charge on any atom is 0.308 e. The number of rotatable bonds is 6. The highest BCUT2D eigenvalue weighted by Crippen LogP contribution is 2.41. The Morgan fingerprint density at radius 1 is 1.27 bits per heavy atom. The first-order valence-corrected chi connectivity index (χ1v) is 9.45. The summed E-state index contributed by atoms with van der Waals surface area (Å²) in [5.74, 6) is -1.78. The number of hydrogen-bond donors (Lipinski definition) is 0. The summed E-state index contributed by atoms with van der Waals surface area (Å²) in [5.41, 5.74) is -1.07. The first kappa shape index (κ1) is 19.8. The Kier molecular flexibility index (Phi) is 5.31. The van der Waals surface area contributed by atoms with Crippen LogP contribution in [0.25, 0.3) is 0 Å². The first-order valence-electron chi connectivity index (χ1n) is 7.84. The fourth-order valence-corrected chi connectivity index (χ4v) is 3.22. The van der Waals surface area contributed by atoms with Crippen LogP contribution in [0.3, 0.4) is 0 Å². The van der Waals surface area contributed by atoms with Crippen molar-refractivity contribution >= 4 is 21.8 Å². The summed E-state index contributed by atoms with van der Waals surface area (Å²) in [5, 5.41) is 0. The molecular weight excluding hydrogens is 362 g/mol. The summed E-state index contributed by atoms with van der Waals surface area (Å²) in [7, 11) is -0.978. The molecule has 0 fully saturated rings. The SMILES string of the molecule is CCS(=O)(=O)N(C)C1=C(OC(C)=O)C(=O)C(C)(c2ccc(OC)cc2)O1. The van der Waals surface area contributed by atoms with E-state index in [1.54, 1.807) is 24.3 Å². The van der Waals surface area contributed by atoms with E-state index >= 15 is 0 Å². The second kappa shape index (κ2) is 6.99. The van der Waals surface area contributed by atoms with Crippen LogP contribution in [-0.2, 0) is 34.7 Å². The maximum atomic E-state index is 12.9. The third kappa shape index (κ3) is 3.39. The summed E-state index contributed by atoms with van der Waals surface area (Å²) >= 11 is 0. The van der Waals surface area contributed by atoms with Crippen LogP contribution in [0.2, 0.25) is 0 Å². The summed E-state index contributed by atoms with van der Waals surface area (Å²) in [6.45, 7) is 4.06. The average Bonchev–Trinajstić information content (AvgIpc) is 2.86. The second-order valence-corrected chi connectivity index (χ2v) is 8.08. The molecule has 0 aliphatic carbocycles. The van der Waals surface area contributed by atoms with Crippen LogP contribution in [0.5, 0.6) is 5.75 Å². The molecule has 0 N–H and O–H groups in total. The molecule has 8 nitrogen and oxygen atoms in total. The molecule has 1 aliphatic heterocycles. The van der Waals surface area contributed by atoms with Gasteiger partial charge in [-0.2, -0.15) is 0 Å². The van der Waals surface area contributed by atoms with Gasteiger partial charge in [-0.05, 0) is 26.0 Å². The van der Waals surface area contributed by atoms with Gasteiger partial charge in [0.2, 0.25) is 15.8 Å². The number of esters is 1. The predicted molar refractivity (Wildman–Crippen MR) is 92.5 cm³/mol. The molecule has 1 aromatic carbocycles. The van der Waals surface area contributed by atoms with Gasteiger partial charge in [0.05, 0.1) is 12.9 Å². The van der Waals surface area contributed by atoms with Crippen LogP contribution >= 0.6 is 0 Å². The number of carbonyl (C=O) groups is 2. The molecule has 0 saturated carbocycles. The Labute approximate surface area is 152 Å². The molecule has 0 spiro atoms. The van der Waals surface area contributed by atoms with Gasteiger partial charge in [-0.15, -0.1) is 0 Å². The van der Waals surface area contributed by atoms with E-state index in [9.17, 15) is 18.0 Å². The number of benzene rings is 1. The lowest BCUT2D eigenvalue weighted by atomic mass is 9.91. The summed E-state index contributed by atoms with van der Waals surface area (Å²) in [6, 6.07) is 6.54. The Morgan fingerprint density at radius 3 is 2.31 bits per heavy atom. The van der Waals surface area contributed by atoms with Crippen molar-refractivity contribution in [2.75, 3.05) is 19.9 Å². The number of Topliss-reactive ketones (excluding diaryl/α,β-unsaturated/α-hetero) is 1. The van der Waals surface area contributed by atoms with Crippen molar-refractivity contribution in [2.45, 2.75) is 26.4 Å². The minimum absolute atomic E-state index is 0.211. The van der Waals surface area contributed by atoms with Crippen molar-refractivity contribution in [3.8, 4) is 5.75 Å². The zero-order chi connectivity index (χ0) is 19.7. The Balaban J connectivity index is 2.52. The Bertz CT molecular complexity index is 858. The van der Waals surface area contributed by atoms with Gasteiger partial charge in [0.1, 0.15) is 5.75 Å². The van der Waals surface area contributed by atoms with Gasteiger partial charge < -0.3 is 14.2 Å². The molecule has 0 amide bonds. The van der Waals surface area contributed by atoms with E-state index in [-0.39, 0.29) is 11.6 Å². The third-order valence-corrected chi connectivity index (χ3v) is 5.82. The van der Waals surface area contributed by atoms with E-state index in [2.05, 4.69) is 0 Å². The van der Waals surface area contributed by atoms with Crippen LogP contribution in [0.15, 0.2) is 35.9 Å². The molecule has 26 heavy (non-hydrogen) atoms. The molecule has 0 aromatic heterocycles. The number of sulfonamides is 1. The first-order chi connectivity index (χ1) is 12.1. The molecule has 0 radical (unpaired) electrons. The molecule has 9 heteroatoms. The lowest BCUT2D eigenvalue weighted by molar-refractivity contribution is -0.142. The maximum absolute atomic E-state index is 12.9. The van der Waals surface area contributed by atoms with E-state index in [1.807, 2.05) is 0 Å². The van der Waals surface area contributed by atoms with Gasteiger partial charge in [0.25, 0.3) is 11.7 Å². The van der Waals surface area contributed by atoms with Gasteiger partial charge in [-0.1, -0.05) is 12.1 Å². The molecule has 0 saturated heterocycles. The second-order valence-electron chi connectivity index (χ2n) is 5.79. The van der Waals surface area contributed by atoms with Crippen molar-refractivity contribution < 1.29 is 32.2 Å². The fourth-order valence-electron chi connectivity index (χ4n) is 2.46. The van der Waals surface area contributed by atoms with Gasteiger partial charge >= 0.3 is 5.97 Å².